The summed E-state index contributed by atoms with van der Waals surface area (Å²) in [5, 5.41) is 0. The van der Waals surface area contributed by atoms with E-state index in [9.17, 15) is 8.42 Å². The predicted octanol–water partition coefficient (Wildman–Crippen LogP) is 3.15. The molecule has 2 bridgehead atoms. The van der Waals surface area contributed by atoms with E-state index in [0.717, 1.165) is 32.1 Å². The molecule has 1 aromatic carbocycles. The summed E-state index contributed by atoms with van der Waals surface area (Å²) in [6.07, 6.45) is 5.24. The summed E-state index contributed by atoms with van der Waals surface area (Å²) in [7, 11) is -3.34. The van der Waals surface area contributed by atoms with Gasteiger partial charge < -0.3 is 0 Å². The van der Waals surface area contributed by atoms with E-state index < -0.39 is 10.0 Å². The Bertz CT molecular complexity index is 542. The van der Waals surface area contributed by atoms with Crippen molar-refractivity contribution < 1.29 is 8.42 Å². The summed E-state index contributed by atoms with van der Waals surface area (Å²) in [5.74, 6) is 0. The molecule has 0 aliphatic carbocycles. The van der Waals surface area contributed by atoms with Crippen molar-refractivity contribution in [2.75, 3.05) is 0 Å². The van der Waals surface area contributed by atoms with E-state index >= 15 is 0 Å². The number of fused-ring (bicyclic) bond motifs is 2. The number of hydrogen-bond acceptors (Lipinski definition) is 2. The number of sulfonamides is 1. The van der Waals surface area contributed by atoms with Crippen LogP contribution in [0.3, 0.4) is 0 Å². The molecule has 0 amide bonds. The van der Waals surface area contributed by atoms with E-state index in [1.807, 2.05) is 6.07 Å². The molecular weight excluding hydrogens is 314 g/mol. The molecule has 0 aromatic heterocycles. The molecule has 2 saturated heterocycles. The zero-order valence-electron chi connectivity index (χ0n) is 10.0. The maximum absolute atomic E-state index is 12.8. The van der Waals surface area contributed by atoms with Crippen LogP contribution in [0.2, 0.25) is 0 Å². The number of nitrogens with zero attached hydrogens (tertiary/aromatic N) is 1. The Morgan fingerprint density at radius 1 is 1.06 bits per heavy atom. The fourth-order valence-corrected chi connectivity index (χ4v) is 6.13. The van der Waals surface area contributed by atoms with Crippen molar-refractivity contribution >= 4 is 26.0 Å². The van der Waals surface area contributed by atoms with Gasteiger partial charge in [-0.3, -0.25) is 0 Å². The van der Waals surface area contributed by atoms with Crippen molar-refractivity contribution in [3.05, 3.63) is 28.7 Å². The zero-order valence-corrected chi connectivity index (χ0v) is 12.5. The van der Waals surface area contributed by atoms with Gasteiger partial charge in [0.15, 0.2) is 0 Å². The van der Waals surface area contributed by atoms with E-state index in [4.69, 9.17) is 0 Å². The lowest BCUT2D eigenvalue weighted by molar-refractivity contribution is 0.248. The fourth-order valence-electron chi connectivity index (χ4n) is 3.23. The largest absolute Gasteiger partial charge is 0.244 e. The van der Waals surface area contributed by atoms with Crippen LogP contribution >= 0.6 is 15.9 Å². The first-order valence-electron chi connectivity index (χ1n) is 6.39. The topological polar surface area (TPSA) is 37.4 Å². The van der Waals surface area contributed by atoms with E-state index in [1.54, 1.807) is 22.5 Å². The lowest BCUT2D eigenvalue weighted by atomic mass is 10.1. The van der Waals surface area contributed by atoms with Crippen LogP contribution in [0.1, 0.15) is 32.1 Å². The van der Waals surface area contributed by atoms with Gasteiger partial charge in [0.1, 0.15) is 0 Å². The Morgan fingerprint density at radius 2 is 1.67 bits per heavy atom. The average molecular weight is 330 g/mol. The molecule has 1 aromatic rings. The number of halogens is 1. The summed E-state index contributed by atoms with van der Waals surface area (Å²) >= 11 is 3.35. The van der Waals surface area contributed by atoms with E-state index in [-0.39, 0.29) is 12.1 Å². The second-order valence-electron chi connectivity index (χ2n) is 5.08. The summed E-state index contributed by atoms with van der Waals surface area (Å²) in [4.78, 5) is 0.406. The summed E-state index contributed by atoms with van der Waals surface area (Å²) in [6, 6.07) is 7.55. The minimum Gasteiger partial charge on any atom is -0.207 e. The molecule has 3 nitrogen and oxygen atoms in total. The minimum absolute atomic E-state index is 0.223. The van der Waals surface area contributed by atoms with Gasteiger partial charge in [0, 0.05) is 16.6 Å². The molecular formula is C13H16BrNO2S. The molecule has 2 unspecified atom stereocenters. The maximum Gasteiger partial charge on any atom is 0.244 e. The van der Waals surface area contributed by atoms with Gasteiger partial charge in [-0.05, 0) is 53.7 Å². The molecule has 2 aliphatic rings. The third kappa shape index (κ3) is 1.92. The highest BCUT2D eigenvalue weighted by atomic mass is 79.9. The van der Waals surface area contributed by atoms with Crippen LogP contribution in [0.5, 0.6) is 0 Å². The standard InChI is InChI=1S/C13H16BrNO2S/c14-12-6-1-2-7-13(12)18(16,17)15-10-4-3-5-11(15)9-8-10/h1-2,6-7,10-11H,3-5,8-9H2. The molecule has 2 fully saturated rings. The van der Waals surface area contributed by atoms with Crippen LogP contribution in [0.25, 0.3) is 0 Å². The van der Waals surface area contributed by atoms with Crippen LogP contribution in [0, 0.1) is 0 Å². The van der Waals surface area contributed by atoms with Crippen molar-refractivity contribution in [1.29, 1.82) is 0 Å². The van der Waals surface area contributed by atoms with Crippen LogP contribution in [0.4, 0.5) is 0 Å². The van der Waals surface area contributed by atoms with Gasteiger partial charge in [0.2, 0.25) is 10.0 Å². The Labute approximate surface area is 116 Å². The molecule has 0 saturated carbocycles. The number of hydrogen-bond donors (Lipinski definition) is 0. The summed E-state index contributed by atoms with van der Waals surface area (Å²) < 4.78 is 28.0. The van der Waals surface area contributed by atoms with Crippen molar-refractivity contribution in [2.45, 2.75) is 49.1 Å². The average Bonchev–Trinajstić information content (AvgIpc) is 2.62. The highest BCUT2D eigenvalue weighted by molar-refractivity contribution is 9.10. The first-order chi connectivity index (χ1) is 8.60. The first kappa shape index (κ1) is 12.6. The van der Waals surface area contributed by atoms with Crippen molar-refractivity contribution in [2.24, 2.45) is 0 Å². The highest BCUT2D eigenvalue weighted by Gasteiger charge is 2.44. The van der Waals surface area contributed by atoms with Crippen LogP contribution in [-0.2, 0) is 10.0 Å². The molecule has 98 valence electrons. The Kier molecular flexibility index (Phi) is 3.24. The summed E-state index contributed by atoms with van der Waals surface area (Å²) in [6.45, 7) is 0. The van der Waals surface area contributed by atoms with Gasteiger partial charge >= 0.3 is 0 Å². The van der Waals surface area contributed by atoms with Crippen LogP contribution < -0.4 is 0 Å². The number of rotatable bonds is 2. The lowest BCUT2D eigenvalue weighted by Crippen LogP contribution is -2.43. The number of piperidine rings is 1. The van der Waals surface area contributed by atoms with Crippen LogP contribution in [0.15, 0.2) is 33.6 Å². The third-order valence-corrected chi connectivity index (χ3v) is 7.04. The molecule has 2 aliphatic heterocycles. The maximum atomic E-state index is 12.8. The quantitative estimate of drug-likeness (QED) is 0.835. The van der Waals surface area contributed by atoms with Crippen molar-refractivity contribution in [3.8, 4) is 0 Å². The SMILES string of the molecule is O=S(=O)(c1ccccc1Br)N1C2CCCC1CC2. The van der Waals surface area contributed by atoms with Gasteiger partial charge in [-0.2, -0.15) is 4.31 Å². The second-order valence-corrected chi connectivity index (χ2v) is 7.75. The smallest absolute Gasteiger partial charge is 0.207 e. The summed E-state index contributed by atoms with van der Waals surface area (Å²) in [5.41, 5.74) is 0. The van der Waals surface area contributed by atoms with E-state index in [0.29, 0.717) is 9.37 Å². The van der Waals surface area contributed by atoms with Gasteiger partial charge in [-0.15, -0.1) is 0 Å². The van der Waals surface area contributed by atoms with Gasteiger partial charge in [0.25, 0.3) is 0 Å². The molecule has 0 spiro atoms. The van der Waals surface area contributed by atoms with Crippen molar-refractivity contribution in [1.82, 2.24) is 4.31 Å². The van der Waals surface area contributed by atoms with Crippen LogP contribution in [-0.4, -0.2) is 24.8 Å². The highest BCUT2D eigenvalue weighted by Crippen LogP contribution is 2.40. The van der Waals surface area contributed by atoms with E-state index in [1.165, 1.54) is 0 Å². The lowest BCUT2D eigenvalue weighted by Gasteiger charge is -2.33. The Morgan fingerprint density at radius 3 is 2.28 bits per heavy atom. The fraction of sp³-hybridized carbons (Fsp3) is 0.538. The molecule has 18 heavy (non-hydrogen) atoms. The Hall–Kier alpha value is -0.390. The Balaban J connectivity index is 2.03. The van der Waals surface area contributed by atoms with Gasteiger partial charge in [-0.1, -0.05) is 18.6 Å². The molecule has 5 heteroatoms. The molecule has 2 atom stereocenters. The predicted molar refractivity (Wildman–Crippen MR) is 73.8 cm³/mol. The van der Waals surface area contributed by atoms with Gasteiger partial charge in [-0.25, -0.2) is 8.42 Å². The minimum atomic E-state index is -3.34. The third-order valence-electron chi connectivity index (χ3n) is 4.02. The zero-order chi connectivity index (χ0) is 12.8. The molecule has 0 radical (unpaired) electrons. The van der Waals surface area contributed by atoms with Gasteiger partial charge in [0.05, 0.1) is 4.90 Å². The first-order valence-corrected chi connectivity index (χ1v) is 8.62. The monoisotopic (exact) mass is 329 g/mol. The normalized spacial score (nSPS) is 28.5. The molecule has 3 rings (SSSR count). The van der Waals surface area contributed by atoms with E-state index in [2.05, 4.69) is 15.9 Å². The molecule has 2 heterocycles. The second kappa shape index (κ2) is 4.62. The van der Waals surface area contributed by atoms with Crippen molar-refractivity contribution in [3.63, 3.8) is 0 Å². The molecule has 0 N–H and O–H groups in total. The number of benzene rings is 1.